The van der Waals surface area contributed by atoms with E-state index in [0.29, 0.717) is 0 Å². The summed E-state index contributed by atoms with van der Waals surface area (Å²) in [6, 6.07) is 0. The fraction of sp³-hybridized carbons (Fsp3) is 0.750. The van der Waals surface area contributed by atoms with Crippen LogP contribution in [0.1, 0.15) is 0 Å². The van der Waals surface area contributed by atoms with Gasteiger partial charge in [0.25, 0.3) is 4.52 Å². The Hall–Kier alpha value is 0.130. The predicted molar refractivity (Wildman–Crippen MR) is 37.3 cm³/mol. The van der Waals surface area contributed by atoms with Gasteiger partial charge in [-0.2, -0.15) is 13.2 Å². The quantitative estimate of drug-likeness (QED) is 0.552. The smallest absolute Gasteiger partial charge is 0.421 e. The van der Waals surface area contributed by atoms with Gasteiger partial charge >= 0.3 is 12.1 Å². The Labute approximate surface area is 80.5 Å². The lowest BCUT2D eigenvalue weighted by molar-refractivity contribution is -0.202. The van der Waals surface area contributed by atoms with E-state index in [1.807, 2.05) is 0 Å². The molecule has 12 heavy (non-hydrogen) atoms. The van der Waals surface area contributed by atoms with Crippen LogP contribution in [0.5, 0.6) is 0 Å². The minimum absolute atomic E-state index is 0.655. The summed E-state index contributed by atoms with van der Waals surface area (Å²) in [5.41, 5.74) is 0. The summed E-state index contributed by atoms with van der Waals surface area (Å²) < 4.78 is 35.7. The van der Waals surface area contributed by atoms with E-state index < -0.39 is 22.5 Å². The molecule has 0 atom stereocenters. The van der Waals surface area contributed by atoms with E-state index >= 15 is 0 Å². The average Bonchev–Trinajstić information content (AvgIpc) is 1.85. The second kappa shape index (κ2) is 3.89. The van der Waals surface area contributed by atoms with Crippen molar-refractivity contribution in [1.29, 1.82) is 0 Å². The van der Waals surface area contributed by atoms with Crippen molar-refractivity contribution in [3.63, 3.8) is 0 Å². The topological polar surface area (TPSA) is 26.3 Å². The van der Waals surface area contributed by atoms with Crippen LogP contribution in [0.25, 0.3) is 0 Å². The normalized spacial score (nSPS) is 12.8. The van der Waals surface area contributed by atoms with Crippen LogP contribution in [0.3, 0.4) is 0 Å². The van der Waals surface area contributed by atoms with Crippen molar-refractivity contribution in [2.24, 2.45) is 0 Å². The first-order valence-corrected chi connectivity index (χ1v) is 3.72. The van der Waals surface area contributed by atoms with Gasteiger partial charge < -0.3 is 4.74 Å². The zero-order chi connectivity index (χ0) is 9.99. The molecule has 0 aliphatic heterocycles. The maximum atomic E-state index is 11.5. The predicted octanol–water partition coefficient (Wildman–Crippen LogP) is 2.46. The first kappa shape index (κ1) is 12.1. The monoisotopic (exact) mass is 244 g/mol. The van der Waals surface area contributed by atoms with Crippen LogP contribution >= 0.6 is 34.8 Å². The molecular formula is C4H2Cl3F3O2. The van der Waals surface area contributed by atoms with E-state index in [1.54, 1.807) is 0 Å². The molecule has 2 nitrogen and oxygen atoms in total. The molecule has 0 aliphatic carbocycles. The van der Waals surface area contributed by atoms with Crippen LogP contribution in [0.2, 0.25) is 0 Å². The highest BCUT2D eigenvalue weighted by molar-refractivity contribution is 6.50. The van der Waals surface area contributed by atoms with Gasteiger partial charge in [0, 0.05) is 0 Å². The van der Waals surface area contributed by atoms with Gasteiger partial charge in [-0.3, -0.25) is 0 Å². The number of ether oxygens (including phenoxy) is 1. The first-order valence-electron chi connectivity index (χ1n) is 2.43. The van der Waals surface area contributed by atoms with Crippen LogP contribution in [-0.4, -0.2) is 22.5 Å². The molecule has 8 heteroatoms. The van der Waals surface area contributed by atoms with Crippen LogP contribution < -0.4 is 0 Å². The molecule has 0 aromatic heterocycles. The summed E-state index contributed by atoms with van der Waals surface area (Å²) >= 11 is 15.0. The summed E-state index contributed by atoms with van der Waals surface area (Å²) in [5, 5.41) is 0. The summed E-state index contributed by atoms with van der Waals surface area (Å²) in [6.07, 6.45) is -5.12. The zero-order valence-electron chi connectivity index (χ0n) is 5.29. The fourth-order valence-electron chi connectivity index (χ4n) is 0.221. The largest absolute Gasteiger partial charge is 0.491 e. The van der Waals surface area contributed by atoms with Gasteiger partial charge in [0.1, 0.15) is 0 Å². The van der Waals surface area contributed by atoms with E-state index in [4.69, 9.17) is 34.8 Å². The number of hydrogen-bond donors (Lipinski definition) is 0. The van der Waals surface area contributed by atoms with E-state index in [0.717, 1.165) is 0 Å². The fourth-order valence-corrected chi connectivity index (χ4v) is 0.415. The number of carbonyl (C=O) groups is 1. The average molecular weight is 245 g/mol. The second-order valence-corrected chi connectivity index (χ2v) is 3.34. The Balaban J connectivity index is 4.20. The molecule has 0 saturated heterocycles. The van der Waals surface area contributed by atoms with Gasteiger partial charge in [-0.05, 0) is 0 Å². The van der Waals surface area contributed by atoms with E-state index in [2.05, 4.69) is 4.74 Å². The maximum Gasteiger partial charge on any atom is 0.491 e. The van der Waals surface area contributed by atoms with E-state index in [9.17, 15) is 18.0 Å². The van der Waals surface area contributed by atoms with Crippen molar-refractivity contribution < 1.29 is 22.7 Å². The Kier molecular flexibility index (Phi) is 3.93. The molecule has 0 radical (unpaired) electrons. The van der Waals surface area contributed by atoms with Gasteiger partial charge in [-0.1, -0.05) is 23.2 Å². The van der Waals surface area contributed by atoms with Crippen LogP contribution in [-0.2, 0) is 9.53 Å². The summed E-state index contributed by atoms with van der Waals surface area (Å²) in [7, 11) is 0. The van der Waals surface area contributed by atoms with Gasteiger partial charge in [-0.25, -0.2) is 4.79 Å². The molecular weight excluding hydrogens is 243 g/mol. The molecule has 0 aromatic carbocycles. The van der Waals surface area contributed by atoms with Crippen LogP contribution in [0.4, 0.5) is 13.2 Å². The molecule has 0 heterocycles. The van der Waals surface area contributed by atoms with Crippen molar-refractivity contribution in [3.8, 4) is 0 Å². The van der Waals surface area contributed by atoms with Crippen LogP contribution in [0.15, 0.2) is 0 Å². The maximum absolute atomic E-state index is 11.5. The second-order valence-electron chi connectivity index (χ2n) is 1.66. The molecule has 0 N–H and O–H groups in total. The van der Waals surface area contributed by atoms with E-state index in [-0.39, 0.29) is 0 Å². The minimum Gasteiger partial charge on any atom is -0.421 e. The number of carbonyl (C=O) groups excluding carboxylic acids is 1. The summed E-state index contributed by atoms with van der Waals surface area (Å²) in [5.74, 6) is -3.13. The molecule has 0 saturated carbocycles. The number of alkyl halides is 6. The lowest BCUT2D eigenvalue weighted by atomic mass is 10.6. The Bertz CT molecular complexity index is 179. The number of halogens is 6. The van der Waals surface area contributed by atoms with Gasteiger partial charge in [0.15, 0.2) is 0 Å². The standard InChI is InChI=1S/C4H2Cl3F3O2/c5-1-3(6,7)12-2(11)4(8,9)10/h1H2. The third kappa shape index (κ3) is 4.23. The van der Waals surface area contributed by atoms with Gasteiger partial charge in [0.05, 0.1) is 5.88 Å². The van der Waals surface area contributed by atoms with Crippen molar-refractivity contribution >= 4 is 40.8 Å². The highest BCUT2D eigenvalue weighted by Crippen LogP contribution is 2.28. The third-order valence-electron chi connectivity index (χ3n) is 0.629. The zero-order valence-corrected chi connectivity index (χ0v) is 7.56. The molecule has 0 bridgehead atoms. The third-order valence-corrected chi connectivity index (χ3v) is 1.70. The summed E-state index contributed by atoms with van der Waals surface area (Å²) in [4.78, 5) is 10.1. The lowest BCUT2D eigenvalue weighted by Gasteiger charge is -2.17. The molecule has 0 fully saturated rings. The number of hydrogen-bond acceptors (Lipinski definition) is 2. The Morgan fingerprint density at radius 1 is 1.33 bits per heavy atom. The molecule has 0 aliphatic rings. The molecule has 0 rings (SSSR count). The Morgan fingerprint density at radius 2 is 1.75 bits per heavy atom. The highest BCUT2D eigenvalue weighted by atomic mass is 35.5. The molecule has 0 amide bonds. The van der Waals surface area contributed by atoms with Gasteiger partial charge in [-0.15, -0.1) is 11.6 Å². The molecule has 0 aromatic rings. The van der Waals surface area contributed by atoms with Crippen LogP contribution in [0, 0.1) is 0 Å². The summed E-state index contributed by atoms with van der Waals surface area (Å²) in [6.45, 7) is 0. The minimum atomic E-state index is -5.12. The molecule has 72 valence electrons. The Morgan fingerprint density at radius 3 is 2.00 bits per heavy atom. The molecule has 0 unspecified atom stereocenters. The SMILES string of the molecule is O=C(OC(Cl)(Cl)CCl)C(F)(F)F. The first-order chi connectivity index (χ1) is 5.19. The van der Waals surface area contributed by atoms with Crippen molar-refractivity contribution in [2.75, 3.05) is 5.88 Å². The van der Waals surface area contributed by atoms with Crippen molar-refractivity contribution in [1.82, 2.24) is 0 Å². The van der Waals surface area contributed by atoms with Gasteiger partial charge in [0.2, 0.25) is 0 Å². The van der Waals surface area contributed by atoms with E-state index in [1.165, 1.54) is 0 Å². The lowest BCUT2D eigenvalue weighted by Crippen LogP contribution is -2.33. The number of esters is 1. The van der Waals surface area contributed by atoms with Crippen molar-refractivity contribution in [3.05, 3.63) is 0 Å². The van der Waals surface area contributed by atoms with Crippen molar-refractivity contribution in [2.45, 2.75) is 10.7 Å². The highest BCUT2D eigenvalue weighted by Gasteiger charge is 2.45. The molecule has 0 spiro atoms. The number of rotatable bonds is 2.